The smallest absolute Gasteiger partial charge is 0.394 e. The third-order valence-corrected chi connectivity index (χ3v) is 2.78. The molecule has 0 radical (unpaired) electrons. The fourth-order valence-corrected chi connectivity index (χ4v) is 1.28. The van der Waals surface area contributed by atoms with E-state index in [0.29, 0.717) is 6.54 Å². The Bertz CT molecular complexity index is 195. The van der Waals surface area contributed by atoms with Crippen LogP contribution in [-0.2, 0) is 0 Å². The fraction of sp³-hybridized carbons (Fsp3) is 1.00. The maximum Gasteiger partial charge on any atom is 0.408 e. The van der Waals surface area contributed by atoms with E-state index in [0.717, 1.165) is 20.0 Å². The summed E-state index contributed by atoms with van der Waals surface area (Å²) in [4.78, 5) is 2.02. The molecule has 1 unspecified atom stereocenters. The maximum atomic E-state index is 12.6. The van der Waals surface area contributed by atoms with Crippen LogP contribution in [0, 0.1) is 0 Å². The van der Waals surface area contributed by atoms with Crippen molar-refractivity contribution in [1.29, 1.82) is 0 Å². The van der Waals surface area contributed by atoms with Gasteiger partial charge in [0.25, 0.3) is 0 Å². The molecular weight excluding hydrogens is 221 g/mol. The molecule has 0 aromatic rings. The standard InChI is InChI=1S/C10H21F3N2O/c1-4-15(5-2)7-6-14-9(3,8-16)10(11,12)13/h14,16H,4-8H2,1-3H3. The van der Waals surface area contributed by atoms with E-state index < -0.39 is 18.3 Å². The highest BCUT2D eigenvalue weighted by Gasteiger charge is 2.50. The van der Waals surface area contributed by atoms with Crippen molar-refractivity contribution in [2.24, 2.45) is 0 Å². The van der Waals surface area contributed by atoms with Crippen molar-refractivity contribution >= 4 is 0 Å². The van der Waals surface area contributed by atoms with E-state index in [2.05, 4.69) is 5.32 Å². The van der Waals surface area contributed by atoms with Gasteiger partial charge in [-0.15, -0.1) is 0 Å². The van der Waals surface area contributed by atoms with Crippen molar-refractivity contribution in [1.82, 2.24) is 10.2 Å². The average Bonchev–Trinajstić information content (AvgIpc) is 2.22. The number of nitrogens with one attached hydrogen (secondary N) is 1. The molecule has 0 amide bonds. The van der Waals surface area contributed by atoms with Gasteiger partial charge in [0.1, 0.15) is 5.54 Å². The molecule has 0 saturated carbocycles. The number of hydrogen-bond donors (Lipinski definition) is 2. The number of halogens is 3. The lowest BCUT2D eigenvalue weighted by Gasteiger charge is -2.32. The normalized spacial score (nSPS) is 16.5. The molecule has 98 valence electrons. The molecule has 0 aliphatic heterocycles. The summed E-state index contributed by atoms with van der Waals surface area (Å²) in [7, 11) is 0. The van der Waals surface area contributed by atoms with E-state index in [1.807, 2.05) is 18.7 Å². The van der Waals surface area contributed by atoms with E-state index in [4.69, 9.17) is 5.11 Å². The van der Waals surface area contributed by atoms with Crippen LogP contribution in [0.1, 0.15) is 20.8 Å². The molecule has 0 bridgehead atoms. The van der Waals surface area contributed by atoms with Crippen LogP contribution in [-0.4, -0.2) is 54.5 Å². The number of rotatable bonds is 7. The second-order valence-electron chi connectivity index (χ2n) is 3.94. The molecule has 0 aliphatic rings. The number of aliphatic hydroxyl groups is 1. The molecule has 1 atom stereocenters. The molecular formula is C10H21F3N2O. The van der Waals surface area contributed by atoms with Gasteiger partial charge in [-0.25, -0.2) is 0 Å². The maximum absolute atomic E-state index is 12.6. The van der Waals surface area contributed by atoms with Gasteiger partial charge in [-0.1, -0.05) is 13.8 Å². The van der Waals surface area contributed by atoms with Gasteiger partial charge >= 0.3 is 6.18 Å². The zero-order valence-electron chi connectivity index (χ0n) is 10.1. The number of hydrogen-bond acceptors (Lipinski definition) is 3. The summed E-state index contributed by atoms with van der Waals surface area (Å²) in [5.41, 5.74) is -2.21. The molecule has 0 rings (SSSR count). The summed E-state index contributed by atoms with van der Waals surface area (Å²) in [6.45, 7) is 6.29. The van der Waals surface area contributed by atoms with Gasteiger partial charge in [-0.05, 0) is 20.0 Å². The first-order valence-corrected chi connectivity index (χ1v) is 5.45. The number of alkyl halides is 3. The summed E-state index contributed by atoms with van der Waals surface area (Å²) in [5.74, 6) is 0. The summed E-state index contributed by atoms with van der Waals surface area (Å²) in [6.07, 6.45) is -4.44. The molecule has 0 aromatic heterocycles. The van der Waals surface area contributed by atoms with Gasteiger partial charge in [0.15, 0.2) is 0 Å². The Morgan fingerprint density at radius 1 is 1.19 bits per heavy atom. The van der Waals surface area contributed by atoms with Crippen LogP contribution in [0.2, 0.25) is 0 Å². The van der Waals surface area contributed by atoms with Crippen molar-refractivity contribution in [2.75, 3.05) is 32.8 Å². The number of likely N-dealkylation sites (N-methyl/N-ethyl adjacent to an activating group) is 1. The lowest BCUT2D eigenvalue weighted by Crippen LogP contribution is -2.58. The summed E-state index contributed by atoms with van der Waals surface area (Å²) in [6, 6.07) is 0. The fourth-order valence-electron chi connectivity index (χ4n) is 1.28. The molecule has 0 saturated heterocycles. The molecule has 0 aliphatic carbocycles. The van der Waals surface area contributed by atoms with Gasteiger partial charge in [0.2, 0.25) is 0 Å². The predicted molar refractivity (Wildman–Crippen MR) is 57.3 cm³/mol. The highest BCUT2D eigenvalue weighted by atomic mass is 19.4. The first-order chi connectivity index (χ1) is 7.30. The zero-order chi connectivity index (χ0) is 12.8. The van der Waals surface area contributed by atoms with Crippen LogP contribution in [0.3, 0.4) is 0 Å². The van der Waals surface area contributed by atoms with Crippen LogP contribution in [0.4, 0.5) is 13.2 Å². The predicted octanol–water partition coefficient (Wildman–Crippen LogP) is 1.23. The van der Waals surface area contributed by atoms with Gasteiger partial charge < -0.3 is 15.3 Å². The average molecular weight is 242 g/mol. The van der Waals surface area contributed by atoms with E-state index in [9.17, 15) is 13.2 Å². The Balaban J connectivity index is 4.16. The van der Waals surface area contributed by atoms with Crippen LogP contribution in [0.5, 0.6) is 0 Å². The highest BCUT2D eigenvalue weighted by molar-refractivity contribution is 4.90. The molecule has 0 spiro atoms. The van der Waals surface area contributed by atoms with Crippen molar-refractivity contribution in [3.8, 4) is 0 Å². The second kappa shape index (κ2) is 6.42. The van der Waals surface area contributed by atoms with Gasteiger partial charge in [0.05, 0.1) is 6.61 Å². The van der Waals surface area contributed by atoms with Gasteiger partial charge in [-0.3, -0.25) is 0 Å². The zero-order valence-corrected chi connectivity index (χ0v) is 10.1. The molecule has 3 nitrogen and oxygen atoms in total. The lowest BCUT2D eigenvalue weighted by atomic mass is 10.0. The van der Waals surface area contributed by atoms with Crippen LogP contribution in [0.25, 0.3) is 0 Å². The summed E-state index contributed by atoms with van der Waals surface area (Å²) >= 11 is 0. The molecule has 16 heavy (non-hydrogen) atoms. The molecule has 6 heteroatoms. The third kappa shape index (κ3) is 4.27. The Morgan fingerprint density at radius 3 is 2.00 bits per heavy atom. The third-order valence-electron chi connectivity index (χ3n) is 2.78. The van der Waals surface area contributed by atoms with Gasteiger partial charge in [-0.2, -0.15) is 13.2 Å². The highest BCUT2D eigenvalue weighted by Crippen LogP contribution is 2.29. The summed E-state index contributed by atoms with van der Waals surface area (Å²) in [5, 5.41) is 11.2. The Morgan fingerprint density at radius 2 is 1.69 bits per heavy atom. The minimum absolute atomic E-state index is 0.207. The van der Waals surface area contributed by atoms with Crippen molar-refractivity contribution in [2.45, 2.75) is 32.5 Å². The van der Waals surface area contributed by atoms with E-state index in [-0.39, 0.29) is 6.54 Å². The second-order valence-corrected chi connectivity index (χ2v) is 3.94. The molecule has 0 fully saturated rings. The minimum atomic E-state index is -4.44. The van der Waals surface area contributed by atoms with Crippen molar-refractivity contribution < 1.29 is 18.3 Å². The van der Waals surface area contributed by atoms with Crippen LogP contribution >= 0.6 is 0 Å². The minimum Gasteiger partial charge on any atom is -0.394 e. The van der Waals surface area contributed by atoms with E-state index >= 15 is 0 Å². The Labute approximate surface area is 94.6 Å². The number of aliphatic hydroxyl groups excluding tert-OH is 1. The largest absolute Gasteiger partial charge is 0.408 e. The first kappa shape index (κ1) is 15.7. The number of nitrogens with zero attached hydrogens (tertiary/aromatic N) is 1. The Hall–Kier alpha value is -0.330. The molecule has 0 aromatic carbocycles. The monoisotopic (exact) mass is 242 g/mol. The van der Waals surface area contributed by atoms with Crippen LogP contribution < -0.4 is 5.32 Å². The topological polar surface area (TPSA) is 35.5 Å². The molecule has 2 N–H and O–H groups in total. The SMILES string of the molecule is CCN(CC)CCNC(C)(CO)C(F)(F)F. The molecule has 0 heterocycles. The van der Waals surface area contributed by atoms with Crippen molar-refractivity contribution in [3.63, 3.8) is 0 Å². The quantitative estimate of drug-likeness (QED) is 0.705. The van der Waals surface area contributed by atoms with Crippen molar-refractivity contribution in [3.05, 3.63) is 0 Å². The Kier molecular flexibility index (Phi) is 6.28. The summed E-state index contributed by atoms with van der Waals surface area (Å²) < 4.78 is 37.7. The first-order valence-electron chi connectivity index (χ1n) is 5.45. The van der Waals surface area contributed by atoms with Gasteiger partial charge in [0, 0.05) is 13.1 Å². The lowest BCUT2D eigenvalue weighted by molar-refractivity contribution is -0.201. The van der Waals surface area contributed by atoms with Crippen LogP contribution in [0.15, 0.2) is 0 Å². The van der Waals surface area contributed by atoms with E-state index in [1.54, 1.807) is 0 Å². The van der Waals surface area contributed by atoms with E-state index in [1.165, 1.54) is 0 Å².